The van der Waals surface area contributed by atoms with Crippen LogP contribution >= 0.6 is 0 Å². The molecule has 28 heavy (non-hydrogen) atoms. The third-order valence-electron chi connectivity index (χ3n) is 4.56. The molecule has 1 N–H and O–H groups in total. The molecule has 0 aromatic heterocycles. The molecule has 0 bridgehead atoms. The fourth-order valence-electron chi connectivity index (χ4n) is 3.29. The minimum absolute atomic E-state index is 0.356. The molecule has 1 heterocycles. The van der Waals surface area contributed by atoms with Gasteiger partial charge in [-0.05, 0) is 48.4 Å². The zero-order valence-electron chi connectivity index (χ0n) is 15.0. The lowest BCUT2D eigenvalue weighted by Gasteiger charge is -2.15. The summed E-state index contributed by atoms with van der Waals surface area (Å²) in [6.45, 7) is 4.19. The van der Waals surface area contributed by atoms with Crippen LogP contribution in [0, 0.1) is 11.3 Å². The van der Waals surface area contributed by atoms with Crippen molar-refractivity contribution in [2.75, 3.05) is 11.3 Å². The highest BCUT2D eigenvalue weighted by atomic mass is 32.2. The van der Waals surface area contributed by atoms with Crippen molar-refractivity contribution in [3.8, 4) is 6.07 Å². The molecule has 0 aliphatic carbocycles. The summed E-state index contributed by atoms with van der Waals surface area (Å²) < 4.78 is 67.3. The smallest absolute Gasteiger partial charge is 0.295 e. The lowest BCUT2D eigenvalue weighted by atomic mass is 10.1. The Balaban J connectivity index is 1.95. The predicted octanol–water partition coefficient (Wildman–Crippen LogP) is 4.10. The van der Waals surface area contributed by atoms with E-state index in [4.69, 9.17) is 5.26 Å². The van der Waals surface area contributed by atoms with Crippen LogP contribution in [0.5, 0.6) is 0 Å². The highest BCUT2D eigenvalue weighted by molar-refractivity contribution is 7.92. The van der Waals surface area contributed by atoms with E-state index in [1.165, 1.54) is 6.07 Å². The molecule has 2 aromatic rings. The van der Waals surface area contributed by atoms with Crippen molar-refractivity contribution in [2.24, 2.45) is 0 Å². The molecule has 2 aromatic carbocycles. The molecule has 1 aliphatic heterocycles. The Labute approximate surface area is 161 Å². The maximum absolute atomic E-state index is 13.2. The molecule has 3 rings (SSSR count). The van der Waals surface area contributed by atoms with Gasteiger partial charge in [-0.15, -0.1) is 0 Å². The summed E-state index contributed by atoms with van der Waals surface area (Å²) in [5.41, 5.74) is 0.273. The van der Waals surface area contributed by atoms with Gasteiger partial charge in [0.25, 0.3) is 10.0 Å². The van der Waals surface area contributed by atoms with Crippen molar-refractivity contribution >= 4 is 15.7 Å². The molecular formula is C19H18F3N3O2S. The van der Waals surface area contributed by atoms with E-state index in [-0.39, 0.29) is 0 Å². The molecule has 0 atom stereocenters. The minimum atomic E-state index is -4.83. The van der Waals surface area contributed by atoms with Gasteiger partial charge in [0.15, 0.2) is 0 Å². The monoisotopic (exact) mass is 409 g/mol. The largest absolute Gasteiger partial charge is 0.417 e. The van der Waals surface area contributed by atoms with Crippen LogP contribution in [0.25, 0.3) is 0 Å². The fourth-order valence-corrected chi connectivity index (χ4v) is 4.40. The Morgan fingerprint density at radius 2 is 1.96 bits per heavy atom. The van der Waals surface area contributed by atoms with E-state index in [0.717, 1.165) is 36.2 Å². The fraction of sp³-hybridized carbons (Fsp3) is 0.316. The number of nitriles is 1. The molecular weight excluding hydrogens is 391 g/mol. The van der Waals surface area contributed by atoms with Gasteiger partial charge in [-0.1, -0.05) is 19.1 Å². The normalized spacial score (nSPS) is 14.5. The average molecular weight is 409 g/mol. The van der Waals surface area contributed by atoms with Gasteiger partial charge in [0, 0.05) is 13.1 Å². The predicted molar refractivity (Wildman–Crippen MR) is 97.8 cm³/mol. The van der Waals surface area contributed by atoms with Gasteiger partial charge < -0.3 is 0 Å². The minimum Gasteiger partial charge on any atom is -0.295 e. The topological polar surface area (TPSA) is 73.2 Å². The second-order valence-electron chi connectivity index (χ2n) is 6.58. The number of nitrogens with zero attached hydrogens (tertiary/aromatic N) is 2. The quantitative estimate of drug-likeness (QED) is 0.807. The van der Waals surface area contributed by atoms with E-state index in [2.05, 4.69) is 16.5 Å². The Morgan fingerprint density at radius 1 is 1.21 bits per heavy atom. The summed E-state index contributed by atoms with van der Waals surface area (Å²) in [7, 11) is -4.25. The Hall–Kier alpha value is -2.57. The van der Waals surface area contributed by atoms with Gasteiger partial charge in [0.1, 0.15) is 0 Å². The van der Waals surface area contributed by atoms with E-state index in [1.54, 1.807) is 12.1 Å². The van der Waals surface area contributed by atoms with Crippen molar-refractivity contribution in [3.63, 3.8) is 0 Å². The van der Waals surface area contributed by atoms with Gasteiger partial charge in [-0.3, -0.25) is 9.62 Å². The van der Waals surface area contributed by atoms with Crippen molar-refractivity contribution in [1.29, 1.82) is 5.26 Å². The number of hydrogen-bond donors (Lipinski definition) is 1. The third kappa shape index (κ3) is 3.98. The van der Waals surface area contributed by atoms with Crippen molar-refractivity contribution in [2.45, 2.75) is 37.5 Å². The summed E-state index contributed by atoms with van der Waals surface area (Å²) in [6.07, 6.45) is -3.87. The number of halogens is 3. The summed E-state index contributed by atoms with van der Waals surface area (Å²) in [6, 6.07) is 9.03. The number of rotatable bonds is 5. The Kier molecular flexibility index (Phi) is 5.37. The summed E-state index contributed by atoms with van der Waals surface area (Å²) in [5.74, 6) is 0. The van der Waals surface area contributed by atoms with Crippen LogP contribution in [0.3, 0.4) is 0 Å². The molecule has 5 nitrogen and oxygen atoms in total. The lowest BCUT2D eigenvalue weighted by molar-refractivity contribution is -0.137. The summed E-state index contributed by atoms with van der Waals surface area (Å²) >= 11 is 0. The van der Waals surface area contributed by atoms with Crippen LogP contribution < -0.4 is 4.72 Å². The van der Waals surface area contributed by atoms with Crippen molar-refractivity contribution in [3.05, 3.63) is 58.7 Å². The van der Waals surface area contributed by atoms with Gasteiger partial charge in [0.05, 0.1) is 27.8 Å². The standard InChI is InChI=1S/C19H18F3N3O2S/c1-2-8-25-11-14-4-3-5-18(16(14)12-25)24-28(26,27)15-7-6-13(10-23)17(9-15)19(20,21)22/h3-7,9,24H,2,8,11-12H2,1H3. The first-order valence-electron chi connectivity index (χ1n) is 8.63. The summed E-state index contributed by atoms with van der Waals surface area (Å²) in [4.78, 5) is 1.63. The van der Waals surface area contributed by atoms with Crippen LogP contribution in [-0.4, -0.2) is 19.9 Å². The van der Waals surface area contributed by atoms with E-state index < -0.39 is 32.2 Å². The van der Waals surface area contributed by atoms with E-state index in [1.807, 2.05) is 6.07 Å². The van der Waals surface area contributed by atoms with Crippen LogP contribution in [0.1, 0.15) is 35.6 Å². The first kappa shape index (κ1) is 20.2. The number of sulfonamides is 1. The maximum Gasteiger partial charge on any atom is 0.417 e. The van der Waals surface area contributed by atoms with Crippen LogP contribution in [0.15, 0.2) is 41.3 Å². The van der Waals surface area contributed by atoms with Crippen LogP contribution in [0.2, 0.25) is 0 Å². The lowest BCUT2D eigenvalue weighted by Crippen LogP contribution is -2.18. The molecule has 0 unspecified atom stereocenters. The molecule has 0 saturated heterocycles. The molecule has 0 fully saturated rings. The molecule has 148 valence electrons. The molecule has 1 aliphatic rings. The Morgan fingerprint density at radius 3 is 2.61 bits per heavy atom. The zero-order valence-corrected chi connectivity index (χ0v) is 15.9. The molecule has 0 saturated carbocycles. The summed E-state index contributed by atoms with van der Waals surface area (Å²) in [5, 5.41) is 8.87. The SMILES string of the molecule is CCCN1Cc2cccc(NS(=O)(=O)c3ccc(C#N)c(C(F)(F)F)c3)c2C1. The molecule has 0 radical (unpaired) electrons. The molecule has 0 amide bonds. The number of nitrogens with one attached hydrogen (secondary N) is 1. The first-order valence-corrected chi connectivity index (χ1v) is 10.1. The molecule has 0 spiro atoms. The van der Waals surface area contributed by atoms with Gasteiger partial charge in [0.2, 0.25) is 0 Å². The van der Waals surface area contributed by atoms with Gasteiger partial charge >= 0.3 is 6.18 Å². The maximum atomic E-state index is 13.2. The average Bonchev–Trinajstić information content (AvgIpc) is 3.04. The highest BCUT2D eigenvalue weighted by Gasteiger charge is 2.35. The number of fused-ring (bicyclic) bond motifs is 1. The third-order valence-corrected chi connectivity index (χ3v) is 5.92. The second-order valence-corrected chi connectivity index (χ2v) is 8.26. The van der Waals surface area contributed by atoms with Gasteiger partial charge in [-0.2, -0.15) is 18.4 Å². The van der Waals surface area contributed by atoms with Crippen molar-refractivity contribution in [1.82, 2.24) is 4.90 Å². The number of benzene rings is 2. The van der Waals surface area contributed by atoms with Crippen LogP contribution in [-0.2, 0) is 29.3 Å². The molecule has 9 heteroatoms. The zero-order chi connectivity index (χ0) is 20.5. The number of anilines is 1. The van der Waals surface area contributed by atoms with Gasteiger partial charge in [-0.25, -0.2) is 8.42 Å². The van der Waals surface area contributed by atoms with Crippen LogP contribution in [0.4, 0.5) is 18.9 Å². The van der Waals surface area contributed by atoms with E-state index in [0.29, 0.717) is 24.8 Å². The first-order chi connectivity index (χ1) is 13.2. The van der Waals surface area contributed by atoms with Crippen molar-refractivity contribution < 1.29 is 21.6 Å². The Bertz CT molecular complexity index is 1040. The highest BCUT2D eigenvalue weighted by Crippen LogP contribution is 2.35. The number of hydrogen-bond acceptors (Lipinski definition) is 4. The van der Waals surface area contributed by atoms with E-state index in [9.17, 15) is 21.6 Å². The van der Waals surface area contributed by atoms with E-state index >= 15 is 0 Å². The number of alkyl halides is 3. The second kappa shape index (κ2) is 7.45.